The van der Waals surface area contributed by atoms with E-state index in [1.165, 1.54) is 11.3 Å². The third kappa shape index (κ3) is 3.66. The van der Waals surface area contributed by atoms with Gasteiger partial charge in [-0.25, -0.2) is 4.98 Å². The number of aromatic nitrogens is 3. The van der Waals surface area contributed by atoms with Crippen LogP contribution in [0.15, 0.2) is 50.5 Å². The molecule has 0 aliphatic carbocycles. The van der Waals surface area contributed by atoms with Crippen molar-refractivity contribution in [2.45, 2.75) is 13.1 Å². The summed E-state index contributed by atoms with van der Waals surface area (Å²) in [6.07, 6.45) is 1.77. The van der Waals surface area contributed by atoms with Crippen LogP contribution >= 0.6 is 22.7 Å². The molecular weight excluding hydrogens is 394 g/mol. The van der Waals surface area contributed by atoms with Gasteiger partial charge in [-0.1, -0.05) is 11.2 Å². The number of thiophene rings is 1. The van der Waals surface area contributed by atoms with E-state index in [9.17, 15) is 4.79 Å². The predicted octanol–water partition coefficient (Wildman–Crippen LogP) is 2.79. The topological polar surface area (TPSA) is 66.9 Å². The van der Waals surface area contributed by atoms with Crippen LogP contribution in [-0.2, 0) is 13.1 Å². The maximum absolute atomic E-state index is 12.1. The highest BCUT2D eigenvalue weighted by molar-refractivity contribution is 7.15. The molecule has 0 N–H and O–H groups in total. The average Bonchev–Trinajstić information content (AvgIpc) is 3.44. The van der Waals surface area contributed by atoms with E-state index in [-0.39, 0.29) is 5.56 Å². The Labute approximate surface area is 169 Å². The normalized spacial score (nSPS) is 16.1. The summed E-state index contributed by atoms with van der Waals surface area (Å²) in [6, 6.07) is 7.74. The van der Waals surface area contributed by atoms with Crippen molar-refractivity contribution >= 4 is 27.6 Å². The van der Waals surface area contributed by atoms with Crippen LogP contribution in [0.1, 0.15) is 11.4 Å². The van der Waals surface area contributed by atoms with Crippen molar-refractivity contribution in [2.75, 3.05) is 26.2 Å². The summed E-state index contributed by atoms with van der Waals surface area (Å²) >= 11 is 3.15. The van der Waals surface area contributed by atoms with E-state index in [4.69, 9.17) is 4.52 Å². The van der Waals surface area contributed by atoms with Crippen molar-refractivity contribution in [2.24, 2.45) is 0 Å². The van der Waals surface area contributed by atoms with Crippen LogP contribution in [0.4, 0.5) is 0 Å². The zero-order chi connectivity index (χ0) is 18.9. The van der Waals surface area contributed by atoms with Gasteiger partial charge in [-0.15, -0.1) is 22.7 Å². The molecule has 1 saturated heterocycles. The van der Waals surface area contributed by atoms with E-state index in [1.54, 1.807) is 28.0 Å². The van der Waals surface area contributed by atoms with Crippen LogP contribution in [0.2, 0.25) is 0 Å². The molecule has 4 aromatic heterocycles. The smallest absolute Gasteiger partial charge is 0.258 e. The standard InChI is InChI=1S/C19H19N5O2S2/c25-18-11-14(20-19-24(18)7-9-28-19)12-22-3-5-23(6-4-22)13-15-10-16(26-21-15)17-2-1-8-27-17/h1-2,7-11H,3-6,12-13H2. The summed E-state index contributed by atoms with van der Waals surface area (Å²) in [4.78, 5) is 23.3. The fourth-order valence-corrected chi connectivity index (χ4v) is 4.87. The van der Waals surface area contributed by atoms with Crippen molar-refractivity contribution < 1.29 is 4.52 Å². The first-order valence-corrected chi connectivity index (χ1v) is 10.9. The first kappa shape index (κ1) is 17.7. The minimum absolute atomic E-state index is 0.00698. The second-order valence-electron chi connectivity index (χ2n) is 6.85. The molecular formula is C19H19N5O2S2. The van der Waals surface area contributed by atoms with Gasteiger partial charge in [-0.3, -0.25) is 19.0 Å². The lowest BCUT2D eigenvalue weighted by atomic mass is 10.2. The minimum Gasteiger partial charge on any atom is -0.355 e. The van der Waals surface area contributed by atoms with Crippen molar-refractivity contribution in [3.8, 4) is 10.6 Å². The molecule has 0 atom stereocenters. The van der Waals surface area contributed by atoms with E-state index in [1.807, 2.05) is 29.0 Å². The van der Waals surface area contributed by atoms with Crippen molar-refractivity contribution in [3.05, 3.63) is 63.0 Å². The molecule has 0 aromatic carbocycles. The van der Waals surface area contributed by atoms with Crippen LogP contribution in [0.25, 0.3) is 15.6 Å². The molecule has 0 bridgehead atoms. The van der Waals surface area contributed by atoms with Gasteiger partial charge in [0, 0.05) is 63.0 Å². The maximum atomic E-state index is 12.1. The fraction of sp³-hybridized carbons (Fsp3) is 0.316. The van der Waals surface area contributed by atoms with Gasteiger partial charge in [0.05, 0.1) is 16.3 Å². The number of rotatable bonds is 5. The van der Waals surface area contributed by atoms with E-state index in [0.717, 1.165) is 59.7 Å². The van der Waals surface area contributed by atoms with Gasteiger partial charge >= 0.3 is 0 Å². The fourth-order valence-electron chi connectivity index (χ4n) is 3.45. The van der Waals surface area contributed by atoms with Gasteiger partial charge in [-0.2, -0.15) is 0 Å². The highest BCUT2D eigenvalue weighted by atomic mass is 32.1. The van der Waals surface area contributed by atoms with E-state index >= 15 is 0 Å². The third-order valence-electron chi connectivity index (χ3n) is 4.92. The third-order valence-corrected chi connectivity index (χ3v) is 6.56. The van der Waals surface area contributed by atoms with Crippen LogP contribution in [0, 0.1) is 0 Å². The molecule has 0 amide bonds. The van der Waals surface area contributed by atoms with Gasteiger partial charge < -0.3 is 4.52 Å². The Kier molecular flexibility index (Phi) is 4.81. The van der Waals surface area contributed by atoms with Crippen molar-refractivity contribution in [1.29, 1.82) is 0 Å². The molecule has 0 saturated carbocycles. The van der Waals surface area contributed by atoms with Crippen LogP contribution < -0.4 is 5.56 Å². The molecule has 5 heterocycles. The Morgan fingerprint density at radius 2 is 1.79 bits per heavy atom. The summed E-state index contributed by atoms with van der Waals surface area (Å²) < 4.78 is 7.07. The van der Waals surface area contributed by atoms with Gasteiger partial charge in [0.25, 0.3) is 5.56 Å². The zero-order valence-electron chi connectivity index (χ0n) is 15.2. The Bertz CT molecular complexity index is 1120. The van der Waals surface area contributed by atoms with Crippen LogP contribution in [0.3, 0.4) is 0 Å². The van der Waals surface area contributed by atoms with Gasteiger partial charge in [0.15, 0.2) is 10.7 Å². The second-order valence-corrected chi connectivity index (χ2v) is 8.67. The van der Waals surface area contributed by atoms with Gasteiger partial charge in [0.1, 0.15) is 0 Å². The molecule has 4 aromatic rings. The first-order valence-electron chi connectivity index (χ1n) is 9.14. The molecule has 144 valence electrons. The zero-order valence-corrected chi connectivity index (χ0v) is 16.8. The molecule has 5 rings (SSSR count). The molecule has 0 spiro atoms. The summed E-state index contributed by atoms with van der Waals surface area (Å²) in [5.41, 5.74) is 1.81. The first-order chi connectivity index (χ1) is 13.7. The van der Waals surface area contributed by atoms with Crippen molar-refractivity contribution in [1.82, 2.24) is 24.3 Å². The Hall–Kier alpha value is -2.33. The van der Waals surface area contributed by atoms with Gasteiger partial charge in [0.2, 0.25) is 0 Å². The summed E-state index contributed by atoms with van der Waals surface area (Å²) in [5, 5.41) is 8.14. The summed E-state index contributed by atoms with van der Waals surface area (Å²) in [5.74, 6) is 0.838. The SMILES string of the molecule is O=c1cc(CN2CCN(Cc3cc(-c4cccs4)on3)CC2)nc2sccn12. The van der Waals surface area contributed by atoms with E-state index in [2.05, 4.69) is 19.9 Å². The molecule has 1 aliphatic rings. The monoisotopic (exact) mass is 413 g/mol. The summed E-state index contributed by atoms with van der Waals surface area (Å²) in [7, 11) is 0. The molecule has 0 unspecified atom stereocenters. The predicted molar refractivity (Wildman–Crippen MR) is 110 cm³/mol. The van der Waals surface area contributed by atoms with E-state index < -0.39 is 0 Å². The largest absolute Gasteiger partial charge is 0.355 e. The number of hydrogen-bond donors (Lipinski definition) is 0. The molecule has 1 aliphatic heterocycles. The number of piperazine rings is 1. The Morgan fingerprint density at radius 3 is 2.54 bits per heavy atom. The lowest BCUT2D eigenvalue weighted by molar-refractivity contribution is 0.119. The lowest BCUT2D eigenvalue weighted by Crippen LogP contribution is -2.45. The Morgan fingerprint density at radius 1 is 1.00 bits per heavy atom. The molecule has 9 heteroatoms. The van der Waals surface area contributed by atoms with Gasteiger partial charge in [-0.05, 0) is 11.4 Å². The molecule has 7 nitrogen and oxygen atoms in total. The van der Waals surface area contributed by atoms with Crippen LogP contribution in [0.5, 0.6) is 0 Å². The van der Waals surface area contributed by atoms with Crippen LogP contribution in [-0.4, -0.2) is 50.5 Å². The molecule has 28 heavy (non-hydrogen) atoms. The highest BCUT2D eigenvalue weighted by Gasteiger charge is 2.19. The average molecular weight is 414 g/mol. The lowest BCUT2D eigenvalue weighted by Gasteiger charge is -2.33. The van der Waals surface area contributed by atoms with Crippen molar-refractivity contribution in [3.63, 3.8) is 0 Å². The number of nitrogens with zero attached hydrogens (tertiary/aromatic N) is 5. The molecule has 0 radical (unpaired) electrons. The molecule has 1 fully saturated rings. The second kappa shape index (κ2) is 7.59. The quantitative estimate of drug-likeness (QED) is 0.501. The Balaban J connectivity index is 1.18. The number of thiazole rings is 1. The highest BCUT2D eigenvalue weighted by Crippen LogP contribution is 2.25. The number of fused-ring (bicyclic) bond motifs is 1. The minimum atomic E-state index is -0.00698. The van der Waals surface area contributed by atoms with E-state index in [0.29, 0.717) is 6.54 Å². The summed E-state index contributed by atoms with van der Waals surface area (Å²) in [6.45, 7) is 5.32. The maximum Gasteiger partial charge on any atom is 0.258 e. The number of hydrogen-bond acceptors (Lipinski definition) is 8.